The standard InChI is InChI=1S/C14H17BrClNO/c1-9-4-3-5-12(13(9)15)14(18)17(2)8-10-6-11(16)7-10/h3-5,10-11H,6-8H2,1-2H3. The predicted octanol–water partition coefficient (Wildman–Crippen LogP) is 3.85. The van der Waals surface area contributed by atoms with Crippen LogP contribution in [0.2, 0.25) is 0 Å². The SMILES string of the molecule is Cc1cccc(C(=O)N(C)CC2CC(Cl)C2)c1Br. The second kappa shape index (κ2) is 5.62. The molecular formula is C14H17BrClNO. The van der Waals surface area contributed by atoms with Crippen LogP contribution in [0.5, 0.6) is 0 Å². The van der Waals surface area contributed by atoms with Gasteiger partial charge in [-0.25, -0.2) is 0 Å². The lowest BCUT2D eigenvalue weighted by molar-refractivity contribution is 0.0746. The van der Waals surface area contributed by atoms with E-state index in [4.69, 9.17) is 11.6 Å². The third kappa shape index (κ3) is 2.89. The van der Waals surface area contributed by atoms with E-state index in [1.54, 1.807) is 4.90 Å². The first-order valence-electron chi connectivity index (χ1n) is 6.13. The van der Waals surface area contributed by atoms with Crippen molar-refractivity contribution in [3.05, 3.63) is 33.8 Å². The first kappa shape index (κ1) is 13.9. The van der Waals surface area contributed by atoms with Crippen LogP contribution < -0.4 is 0 Å². The fraction of sp³-hybridized carbons (Fsp3) is 0.500. The number of carbonyl (C=O) groups excluding carboxylic acids is 1. The van der Waals surface area contributed by atoms with Crippen LogP contribution in [-0.4, -0.2) is 29.8 Å². The van der Waals surface area contributed by atoms with Gasteiger partial charge in [0.05, 0.1) is 5.56 Å². The molecule has 18 heavy (non-hydrogen) atoms. The fourth-order valence-corrected chi connectivity index (χ4v) is 3.23. The number of nitrogens with zero attached hydrogens (tertiary/aromatic N) is 1. The van der Waals surface area contributed by atoms with Crippen LogP contribution in [0, 0.1) is 12.8 Å². The molecule has 0 N–H and O–H groups in total. The highest BCUT2D eigenvalue weighted by atomic mass is 79.9. The summed E-state index contributed by atoms with van der Waals surface area (Å²) in [5, 5.41) is 0.309. The summed E-state index contributed by atoms with van der Waals surface area (Å²) in [6.07, 6.45) is 2.04. The summed E-state index contributed by atoms with van der Waals surface area (Å²) in [4.78, 5) is 14.1. The van der Waals surface area contributed by atoms with Crippen LogP contribution in [-0.2, 0) is 0 Å². The highest BCUT2D eigenvalue weighted by molar-refractivity contribution is 9.10. The minimum absolute atomic E-state index is 0.0728. The lowest BCUT2D eigenvalue weighted by atomic mass is 9.84. The molecule has 98 valence electrons. The summed E-state index contributed by atoms with van der Waals surface area (Å²) >= 11 is 9.45. The van der Waals surface area contributed by atoms with Gasteiger partial charge in [0.2, 0.25) is 0 Å². The van der Waals surface area contributed by atoms with E-state index in [9.17, 15) is 4.79 Å². The van der Waals surface area contributed by atoms with Crippen molar-refractivity contribution in [2.75, 3.05) is 13.6 Å². The third-order valence-electron chi connectivity index (χ3n) is 3.48. The Balaban J connectivity index is 2.04. The van der Waals surface area contributed by atoms with Gasteiger partial charge in [0.25, 0.3) is 5.91 Å². The van der Waals surface area contributed by atoms with Gasteiger partial charge in [-0.1, -0.05) is 12.1 Å². The molecule has 1 aromatic carbocycles. The summed E-state index contributed by atoms with van der Waals surface area (Å²) in [7, 11) is 1.86. The Morgan fingerprint density at radius 1 is 1.50 bits per heavy atom. The fourth-order valence-electron chi connectivity index (χ4n) is 2.29. The van der Waals surface area contributed by atoms with E-state index in [2.05, 4.69) is 15.9 Å². The van der Waals surface area contributed by atoms with Crippen molar-refractivity contribution in [2.45, 2.75) is 25.1 Å². The van der Waals surface area contributed by atoms with Gasteiger partial charge in [-0.2, -0.15) is 0 Å². The van der Waals surface area contributed by atoms with Crippen LogP contribution in [0.1, 0.15) is 28.8 Å². The smallest absolute Gasteiger partial charge is 0.254 e. The Morgan fingerprint density at radius 2 is 2.17 bits per heavy atom. The van der Waals surface area contributed by atoms with E-state index in [0.29, 0.717) is 11.3 Å². The van der Waals surface area contributed by atoms with Gasteiger partial charge in [0, 0.05) is 23.4 Å². The Kier molecular flexibility index (Phi) is 4.33. The van der Waals surface area contributed by atoms with E-state index in [1.165, 1.54) is 0 Å². The summed E-state index contributed by atoms with van der Waals surface area (Å²) < 4.78 is 0.894. The molecular weight excluding hydrogens is 314 g/mol. The molecule has 0 saturated heterocycles. The topological polar surface area (TPSA) is 20.3 Å². The van der Waals surface area contributed by atoms with E-state index in [0.717, 1.165) is 35.0 Å². The van der Waals surface area contributed by atoms with E-state index < -0.39 is 0 Å². The number of carbonyl (C=O) groups is 1. The minimum Gasteiger partial charge on any atom is -0.341 e. The number of amides is 1. The predicted molar refractivity (Wildman–Crippen MR) is 78.2 cm³/mol. The normalized spacial score (nSPS) is 22.4. The van der Waals surface area contributed by atoms with Crippen LogP contribution in [0.25, 0.3) is 0 Å². The summed E-state index contributed by atoms with van der Waals surface area (Å²) in [5.74, 6) is 0.633. The van der Waals surface area contributed by atoms with Gasteiger partial charge in [0.15, 0.2) is 0 Å². The highest BCUT2D eigenvalue weighted by Crippen LogP contribution is 2.32. The van der Waals surface area contributed by atoms with Gasteiger partial charge in [-0.05, 0) is 53.2 Å². The summed E-state index contributed by atoms with van der Waals surface area (Å²) in [6, 6.07) is 5.77. The number of rotatable bonds is 3. The molecule has 0 aromatic heterocycles. The largest absolute Gasteiger partial charge is 0.341 e. The van der Waals surface area contributed by atoms with Crippen molar-refractivity contribution in [2.24, 2.45) is 5.92 Å². The maximum Gasteiger partial charge on any atom is 0.254 e. The lowest BCUT2D eigenvalue weighted by Crippen LogP contribution is -2.38. The van der Waals surface area contributed by atoms with Crippen LogP contribution >= 0.6 is 27.5 Å². The monoisotopic (exact) mass is 329 g/mol. The number of alkyl halides is 1. The number of hydrogen-bond acceptors (Lipinski definition) is 1. The van der Waals surface area contributed by atoms with Gasteiger partial charge in [-0.15, -0.1) is 11.6 Å². The molecule has 0 atom stereocenters. The van der Waals surface area contributed by atoms with Gasteiger partial charge < -0.3 is 4.90 Å². The van der Waals surface area contributed by atoms with Crippen molar-refractivity contribution in [1.29, 1.82) is 0 Å². The maximum absolute atomic E-state index is 12.3. The second-order valence-electron chi connectivity index (χ2n) is 5.06. The van der Waals surface area contributed by atoms with Crippen LogP contribution in [0.3, 0.4) is 0 Å². The van der Waals surface area contributed by atoms with Crippen LogP contribution in [0.15, 0.2) is 22.7 Å². The molecule has 4 heteroatoms. The molecule has 0 heterocycles. The molecule has 1 amide bonds. The number of hydrogen-bond donors (Lipinski definition) is 0. The first-order valence-corrected chi connectivity index (χ1v) is 7.36. The van der Waals surface area contributed by atoms with Crippen molar-refractivity contribution in [3.8, 4) is 0 Å². The highest BCUT2D eigenvalue weighted by Gasteiger charge is 2.29. The molecule has 1 fully saturated rings. The van der Waals surface area contributed by atoms with Crippen LogP contribution in [0.4, 0.5) is 0 Å². The van der Waals surface area contributed by atoms with Crippen molar-refractivity contribution in [1.82, 2.24) is 4.90 Å². The van der Waals surface area contributed by atoms with Crippen molar-refractivity contribution in [3.63, 3.8) is 0 Å². The Labute approximate surface area is 121 Å². The quantitative estimate of drug-likeness (QED) is 0.771. The molecule has 0 aliphatic heterocycles. The zero-order chi connectivity index (χ0) is 13.3. The second-order valence-corrected chi connectivity index (χ2v) is 6.47. The van der Waals surface area contributed by atoms with Gasteiger partial charge in [0.1, 0.15) is 0 Å². The van der Waals surface area contributed by atoms with E-state index in [1.807, 2.05) is 32.2 Å². The molecule has 2 rings (SSSR count). The van der Waals surface area contributed by atoms with Crippen molar-refractivity contribution >= 4 is 33.4 Å². The zero-order valence-corrected chi connectivity index (χ0v) is 13.0. The molecule has 1 saturated carbocycles. The summed E-state index contributed by atoms with van der Waals surface area (Å²) in [5.41, 5.74) is 1.82. The van der Waals surface area contributed by atoms with E-state index in [-0.39, 0.29) is 5.91 Å². The Bertz CT molecular complexity index is 457. The van der Waals surface area contributed by atoms with Gasteiger partial charge in [-0.3, -0.25) is 4.79 Å². The number of aryl methyl sites for hydroxylation is 1. The maximum atomic E-state index is 12.3. The molecule has 0 radical (unpaired) electrons. The minimum atomic E-state index is 0.0728. The molecule has 0 unspecified atom stereocenters. The average Bonchev–Trinajstić information content (AvgIpc) is 2.30. The van der Waals surface area contributed by atoms with Gasteiger partial charge >= 0.3 is 0 Å². The molecule has 1 aliphatic carbocycles. The third-order valence-corrected chi connectivity index (χ3v) is 4.89. The number of benzene rings is 1. The molecule has 1 aliphatic rings. The lowest BCUT2D eigenvalue weighted by Gasteiger charge is -2.34. The molecule has 2 nitrogen and oxygen atoms in total. The molecule has 0 bridgehead atoms. The molecule has 0 spiro atoms. The zero-order valence-electron chi connectivity index (χ0n) is 10.6. The van der Waals surface area contributed by atoms with Crippen molar-refractivity contribution < 1.29 is 4.79 Å². The Morgan fingerprint density at radius 3 is 2.78 bits per heavy atom. The molecule has 1 aromatic rings. The first-order chi connectivity index (χ1) is 8.49. The Hall–Kier alpha value is -0.540. The summed E-state index contributed by atoms with van der Waals surface area (Å²) in [6.45, 7) is 2.79. The average molecular weight is 331 g/mol. The van der Waals surface area contributed by atoms with E-state index >= 15 is 0 Å². The number of halogens is 2.